The number of nitrogens with zero attached hydrogens (tertiary/aromatic N) is 2. The third-order valence-electron chi connectivity index (χ3n) is 6.50. The third kappa shape index (κ3) is 5.31. The van der Waals surface area contributed by atoms with Crippen LogP contribution in [0.4, 0.5) is 10.1 Å². The van der Waals surface area contributed by atoms with Crippen LogP contribution in [-0.2, 0) is 11.3 Å². The van der Waals surface area contributed by atoms with Gasteiger partial charge in [0.1, 0.15) is 5.82 Å². The van der Waals surface area contributed by atoms with E-state index in [1.807, 2.05) is 12.1 Å². The van der Waals surface area contributed by atoms with Crippen molar-refractivity contribution in [1.82, 2.24) is 10.2 Å². The summed E-state index contributed by atoms with van der Waals surface area (Å²) in [7, 11) is 0. The molecule has 36 heavy (non-hydrogen) atoms. The fourth-order valence-corrected chi connectivity index (χ4v) is 4.53. The molecule has 5 rings (SSSR count). The van der Waals surface area contributed by atoms with Crippen molar-refractivity contribution < 1.29 is 18.7 Å². The topological polar surface area (TPSA) is 61.9 Å². The smallest absolute Gasteiger partial charge is 0.294 e. The summed E-state index contributed by atoms with van der Waals surface area (Å²) in [6, 6.07) is 20.6. The lowest BCUT2D eigenvalue weighted by atomic mass is 10.1. The standard InChI is InChI=1S/C29H28FN3O3/c30-24-8-2-1-7-23(24)20-33-25-9-3-4-10-26(25)36-27(29(33)35)19-21-11-13-22(14-12-21)28(34)31-15-18-32-16-5-6-17-32/h1-4,7-14,19H,5-6,15-18,20H2,(H,31,34)/b27-19-. The Kier molecular flexibility index (Phi) is 7.09. The van der Waals surface area contributed by atoms with Gasteiger partial charge >= 0.3 is 0 Å². The van der Waals surface area contributed by atoms with Crippen LogP contribution in [0, 0.1) is 5.82 Å². The molecule has 0 unspecified atom stereocenters. The van der Waals surface area contributed by atoms with Crippen LogP contribution in [0.15, 0.2) is 78.6 Å². The first-order valence-electron chi connectivity index (χ1n) is 12.2. The average molecular weight is 486 g/mol. The number of amides is 2. The van der Waals surface area contributed by atoms with Crippen molar-refractivity contribution in [3.63, 3.8) is 0 Å². The second kappa shape index (κ2) is 10.7. The lowest BCUT2D eigenvalue weighted by Crippen LogP contribution is -2.37. The highest BCUT2D eigenvalue weighted by atomic mass is 19.1. The monoisotopic (exact) mass is 485 g/mol. The molecule has 3 aromatic carbocycles. The van der Waals surface area contributed by atoms with Gasteiger partial charge in [0.15, 0.2) is 11.5 Å². The maximum Gasteiger partial charge on any atom is 0.294 e. The van der Waals surface area contributed by atoms with E-state index in [4.69, 9.17) is 4.74 Å². The number of hydrogen-bond donors (Lipinski definition) is 1. The zero-order valence-corrected chi connectivity index (χ0v) is 20.0. The van der Waals surface area contributed by atoms with Crippen molar-refractivity contribution in [2.45, 2.75) is 19.4 Å². The number of para-hydroxylation sites is 2. The summed E-state index contributed by atoms with van der Waals surface area (Å²) >= 11 is 0. The Hall–Kier alpha value is -3.97. The second-order valence-corrected chi connectivity index (χ2v) is 8.99. The number of carbonyl (C=O) groups excluding carboxylic acids is 2. The largest absolute Gasteiger partial charge is 0.449 e. The Morgan fingerprint density at radius 2 is 1.69 bits per heavy atom. The Morgan fingerprint density at radius 3 is 2.47 bits per heavy atom. The number of anilines is 1. The number of ether oxygens (including phenoxy) is 1. The molecule has 0 atom stereocenters. The van der Waals surface area contributed by atoms with E-state index < -0.39 is 0 Å². The number of rotatable bonds is 7. The van der Waals surface area contributed by atoms with Gasteiger partial charge in [-0.05, 0) is 67.9 Å². The minimum atomic E-state index is -0.367. The molecule has 2 aliphatic heterocycles. The molecule has 0 aromatic heterocycles. The number of benzene rings is 3. The van der Waals surface area contributed by atoms with Gasteiger partial charge in [0.05, 0.1) is 12.2 Å². The van der Waals surface area contributed by atoms with Crippen LogP contribution in [-0.4, -0.2) is 42.9 Å². The Balaban J connectivity index is 1.31. The minimum absolute atomic E-state index is 0.0831. The summed E-state index contributed by atoms with van der Waals surface area (Å²) in [6.07, 6.45) is 4.09. The van der Waals surface area contributed by atoms with Crippen LogP contribution in [0.2, 0.25) is 0 Å². The van der Waals surface area contributed by atoms with Crippen LogP contribution in [0.3, 0.4) is 0 Å². The molecule has 184 valence electrons. The maximum atomic E-state index is 14.3. The highest BCUT2D eigenvalue weighted by molar-refractivity contribution is 6.09. The van der Waals surface area contributed by atoms with Crippen molar-refractivity contribution in [2.24, 2.45) is 0 Å². The molecular weight excluding hydrogens is 457 g/mol. The van der Waals surface area contributed by atoms with Gasteiger partial charge in [-0.25, -0.2) is 4.39 Å². The molecule has 2 aliphatic rings. The van der Waals surface area contributed by atoms with Gasteiger partial charge in [0.2, 0.25) is 0 Å². The third-order valence-corrected chi connectivity index (χ3v) is 6.50. The second-order valence-electron chi connectivity index (χ2n) is 8.99. The van der Waals surface area contributed by atoms with Crippen molar-refractivity contribution >= 4 is 23.6 Å². The van der Waals surface area contributed by atoms with E-state index in [2.05, 4.69) is 10.2 Å². The highest BCUT2D eigenvalue weighted by Gasteiger charge is 2.30. The number of carbonyl (C=O) groups is 2. The lowest BCUT2D eigenvalue weighted by molar-refractivity contribution is -0.117. The van der Waals surface area contributed by atoms with E-state index in [0.29, 0.717) is 29.1 Å². The molecule has 2 amide bonds. The molecule has 0 radical (unpaired) electrons. The highest BCUT2D eigenvalue weighted by Crippen LogP contribution is 2.36. The molecule has 1 saturated heterocycles. The fourth-order valence-electron chi connectivity index (χ4n) is 4.53. The molecule has 1 N–H and O–H groups in total. The van der Waals surface area contributed by atoms with E-state index in [9.17, 15) is 14.0 Å². The number of likely N-dealkylation sites (tertiary alicyclic amines) is 1. The molecule has 7 heteroatoms. The average Bonchev–Trinajstić information content (AvgIpc) is 3.41. The van der Waals surface area contributed by atoms with Gasteiger partial charge in [0, 0.05) is 24.2 Å². The Morgan fingerprint density at radius 1 is 0.972 bits per heavy atom. The molecule has 1 fully saturated rings. The van der Waals surface area contributed by atoms with E-state index in [1.54, 1.807) is 60.7 Å². The van der Waals surface area contributed by atoms with Crippen LogP contribution < -0.4 is 15.0 Å². The van der Waals surface area contributed by atoms with Gasteiger partial charge in [-0.1, -0.05) is 42.5 Å². The Labute approximate surface area is 210 Å². The molecule has 0 aliphatic carbocycles. The number of hydrogen-bond acceptors (Lipinski definition) is 4. The number of fused-ring (bicyclic) bond motifs is 1. The first-order valence-corrected chi connectivity index (χ1v) is 12.2. The van der Waals surface area contributed by atoms with Crippen LogP contribution in [0.1, 0.15) is 34.3 Å². The van der Waals surface area contributed by atoms with E-state index in [-0.39, 0.29) is 29.9 Å². The van der Waals surface area contributed by atoms with Crippen molar-refractivity contribution in [3.05, 3.63) is 101 Å². The number of nitrogens with one attached hydrogen (secondary N) is 1. The van der Waals surface area contributed by atoms with E-state index in [1.165, 1.54) is 23.8 Å². The predicted molar refractivity (Wildman–Crippen MR) is 137 cm³/mol. The summed E-state index contributed by atoms with van der Waals surface area (Å²) in [4.78, 5) is 29.7. The molecule has 3 aromatic rings. The molecule has 0 spiro atoms. The molecule has 6 nitrogen and oxygen atoms in total. The van der Waals surface area contributed by atoms with Crippen molar-refractivity contribution in [1.29, 1.82) is 0 Å². The molecule has 2 heterocycles. The van der Waals surface area contributed by atoms with E-state index in [0.717, 1.165) is 25.2 Å². The summed E-state index contributed by atoms with van der Waals surface area (Å²) < 4.78 is 20.3. The first kappa shape index (κ1) is 23.8. The lowest BCUT2D eigenvalue weighted by Gasteiger charge is -2.30. The predicted octanol–water partition coefficient (Wildman–Crippen LogP) is 4.62. The molecule has 0 saturated carbocycles. The van der Waals surface area contributed by atoms with Crippen LogP contribution in [0.25, 0.3) is 6.08 Å². The van der Waals surface area contributed by atoms with Gasteiger partial charge < -0.3 is 15.0 Å². The van der Waals surface area contributed by atoms with Gasteiger partial charge in [0.25, 0.3) is 11.8 Å². The minimum Gasteiger partial charge on any atom is -0.449 e. The summed E-state index contributed by atoms with van der Waals surface area (Å²) in [5, 5.41) is 2.97. The van der Waals surface area contributed by atoms with Crippen molar-refractivity contribution in [3.8, 4) is 5.75 Å². The maximum absolute atomic E-state index is 14.3. The van der Waals surface area contributed by atoms with Crippen LogP contribution in [0.5, 0.6) is 5.75 Å². The quantitative estimate of drug-likeness (QED) is 0.496. The summed E-state index contributed by atoms with van der Waals surface area (Å²) in [6.45, 7) is 3.76. The van der Waals surface area contributed by atoms with Crippen LogP contribution >= 0.6 is 0 Å². The number of halogens is 1. The fraction of sp³-hybridized carbons (Fsp3) is 0.241. The van der Waals surface area contributed by atoms with Crippen molar-refractivity contribution in [2.75, 3.05) is 31.1 Å². The Bertz CT molecular complexity index is 1280. The SMILES string of the molecule is O=C(NCCN1CCCC1)c1ccc(/C=C2\Oc3ccccc3N(Cc3ccccc3F)C2=O)cc1. The van der Waals surface area contributed by atoms with E-state index >= 15 is 0 Å². The molecule has 0 bridgehead atoms. The normalized spacial score (nSPS) is 16.6. The summed E-state index contributed by atoms with van der Waals surface area (Å²) in [5.41, 5.74) is 2.28. The zero-order valence-electron chi connectivity index (χ0n) is 20.0. The first-order chi connectivity index (χ1) is 17.6. The zero-order chi connectivity index (χ0) is 24.9. The van der Waals surface area contributed by atoms with Gasteiger partial charge in [-0.3, -0.25) is 14.5 Å². The van der Waals surface area contributed by atoms with Gasteiger partial charge in [-0.2, -0.15) is 0 Å². The molecular formula is C29H28FN3O3. The summed E-state index contributed by atoms with van der Waals surface area (Å²) in [5.74, 6) is -0.195. The van der Waals surface area contributed by atoms with Gasteiger partial charge in [-0.15, -0.1) is 0 Å².